The number of anilines is 1. The topological polar surface area (TPSA) is 114 Å². The second-order valence-electron chi connectivity index (χ2n) is 8.17. The summed E-state index contributed by atoms with van der Waals surface area (Å²) in [5, 5.41) is 2.00. The monoisotopic (exact) mass is 560 g/mol. The Labute approximate surface area is 215 Å². The predicted octanol–water partition coefficient (Wildman–Crippen LogP) is 4.67. The first-order chi connectivity index (χ1) is 18.1. The fourth-order valence-electron chi connectivity index (χ4n) is 3.45. The summed E-state index contributed by atoms with van der Waals surface area (Å²) in [6.45, 7) is 0. The number of alkyl halides is 6. The molecule has 3 N–H and O–H groups in total. The standard InChI is InChI=1S/C24H19F7N4O4/c1-35(15-4-2-14(25)3-5-15)22(38)39-20-16(8-13(23(26,27)28)9-17(20)24(29,30)31)12(10-32)11-33-18-6-7-19(36)34-21(18)37/h2-5,8-11,18H,6-7,32H2,1H3,(H,34,36,37). The first-order valence-electron chi connectivity index (χ1n) is 10.9. The first kappa shape index (κ1) is 29.1. The maximum atomic E-state index is 14.0. The lowest BCUT2D eigenvalue weighted by Gasteiger charge is -2.23. The lowest BCUT2D eigenvalue weighted by molar-refractivity contribution is -0.143. The van der Waals surface area contributed by atoms with Gasteiger partial charge in [0.1, 0.15) is 11.9 Å². The van der Waals surface area contributed by atoms with E-state index in [0.29, 0.717) is 11.1 Å². The molecule has 0 radical (unpaired) electrons. The molecular weight excluding hydrogens is 541 g/mol. The highest BCUT2D eigenvalue weighted by atomic mass is 19.4. The molecule has 1 fully saturated rings. The molecule has 2 aromatic carbocycles. The van der Waals surface area contributed by atoms with Crippen LogP contribution >= 0.6 is 0 Å². The van der Waals surface area contributed by atoms with Gasteiger partial charge in [0, 0.05) is 42.7 Å². The molecule has 1 saturated heterocycles. The third-order valence-electron chi connectivity index (χ3n) is 5.49. The Morgan fingerprint density at radius 1 is 1.10 bits per heavy atom. The number of nitrogens with one attached hydrogen (secondary N) is 1. The molecule has 1 heterocycles. The maximum Gasteiger partial charge on any atom is 0.420 e. The molecule has 0 aliphatic carbocycles. The van der Waals surface area contributed by atoms with Crippen molar-refractivity contribution in [2.75, 3.05) is 11.9 Å². The number of carbonyl (C=O) groups excluding carboxylic acids is 3. The summed E-state index contributed by atoms with van der Waals surface area (Å²) in [5.74, 6) is -3.39. The van der Waals surface area contributed by atoms with Crippen LogP contribution in [0.3, 0.4) is 0 Å². The Bertz CT molecular complexity index is 1340. The minimum atomic E-state index is -5.43. The van der Waals surface area contributed by atoms with Gasteiger partial charge >= 0.3 is 18.4 Å². The van der Waals surface area contributed by atoms with Crippen molar-refractivity contribution in [3.8, 4) is 5.75 Å². The number of allylic oxidation sites excluding steroid dienone is 1. The van der Waals surface area contributed by atoms with Gasteiger partial charge in [-0.1, -0.05) is 0 Å². The molecule has 1 atom stereocenters. The Morgan fingerprint density at radius 3 is 2.28 bits per heavy atom. The van der Waals surface area contributed by atoms with Crippen LogP contribution < -0.4 is 20.7 Å². The summed E-state index contributed by atoms with van der Waals surface area (Å²) in [7, 11) is 1.08. The van der Waals surface area contributed by atoms with E-state index in [1.54, 1.807) is 0 Å². The first-order valence-corrected chi connectivity index (χ1v) is 10.9. The van der Waals surface area contributed by atoms with Crippen LogP contribution in [0.4, 0.5) is 41.2 Å². The molecule has 2 aromatic rings. The number of halogens is 7. The van der Waals surface area contributed by atoms with Crippen LogP contribution in [0.25, 0.3) is 5.57 Å². The van der Waals surface area contributed by atoms with Gasteiger partial charge in [0.05, 0.1) is 11.1 Å². The minimum Gasteiger partial charge on any atom is -0.409 e. The Morgan fingerprint density at radius 2 is 1.74 bits per heavy atom. The second kappa shape index (κ2) is 11.1. The van der Waals surface area contributed by atoms with Gasteiger partial charge in [-0.15, -0.1) is 0 Å². The highest BCUT2D eigenvalue weighted by molar-refractivity contribution is 6.12. The largest absolute Gasteiger partial charge is 0.420 e. The quantitative estimate of drug-likeness (QED) is 0.314. The second-order valence-corrected chi connectivity index (χ2v) is 8.17. The van der Waals surface area contributed by atoms with E-state index in [4.69, 9.17) is 10.5 Å². The van der Waals surface area contributed by atoms with Crippen LogP contribution in [0.2, 0.25) is 0 Å². The van der Waals surface area contributed by atoms with E-state index in [-0.39, 0.29) is 30.7 Å². The van der Waals surface area contributed by atoms with Gasteiger partial charge in [0.25, 0.3) is 5.91 Å². The number of hydrogen-bond donors (Lipinski definition) is 2. The van der Waals surface area contributed by atoms with Crippen LogP contribution in [0, 0.1) is 5.82 Å². The molecule has 1 aliphatic heterocycles. The van der Waals surface area contributed by atoms with Crippen LogP contribution in [0.15, 0.2) is 47.6 Å². The SMILES string of the molecule is CN(C(=O)Oc1c(C(C=NC2CCC(=O)NC2=O)=CN)cc(C(F)(F)F)cc1C(F)(F)F)c1ccc(F)cc1. The molecule has 3 amide bonds. The number of ether oxygens (including phenoxy) is 1. The number of hydrogen-bond acceptors (Lipinski definition) is 6. The lowest BCUT2D eigenvalue weighted by Crippen LogP contribution is -2.43. The number of nitrogens with two attached hydrogens (primary N) is 1. The summed E-state index contributed by atoms with van der Waals surface area (Å²) < 4.78 is 101. The van der Waals surface area contributed by atoms with Crippen molar-refractivity contribution < 1.29 is 49.9 Å². The highest BCUT2D eigenvalue weighted by Gasteiger charge is 2.41. The number of benzene rings is 2. The zero-order valence-corrected chi connectivity index (χ0v) is 19.9. The number of amides is 3. The van der Waals surface area contributed by atoms with Crippen molar-refractivity contribution in [3.05, 3.63) is 65.1 Å². The fourth-order valence-corrected chi connectivity index (χ4v) is 3.45. The van der Waals surface area contributed by atoms with E-state index in [1.165, 1.54) is 0 Å². The molecular formula is C24H19F7N4O4. The molecule has 0 bridgehead atoms. The summed E-state index contributed by atoms with van der Waals surface area (Å²) in [6.07, 6.45) is -10.9. The van der Waals surface area contributed by atoms with E-state index in [9.17, 15) is 45.1 Å². The molecule has 0 aromatic heterocycles. The third-order valence-corrected chi connectivity index (χ3v) is 5.49. The number of nitrogens with zero attached hydrogens (tertiary/aromatic N) is 2. The smallest absolute Gasteiger partial charge is 0.409 e. The summed E-state index contributed by atoms with van der Waals surface area (Å²) in [6, 6.07) is 3.04. The zero-order valence-electron chi connectivity index (χ0n) is 19.9. The third kappa shape index (κ3) is 6.91. The van der Waals surface area contributed by atoms with Crippen molar-refractivity contribution in [1.82, 2.24) is 5.32 Å². The highest BCUT2D eigenvalue weighted by Crippen LogP contribution is 2.44. The van der Waals surface area contributed by atoms with E-state index < -0.39 is 70.1 Å². The molecule has 1 aliphatic rings. The number of rotatable bonds is 5. The minimum absolute atomic E-state index is 0.00238. The summed E-state index contributed by atoms with van der Waals surface area (Å²) in [4.78, 5) is 40.6. The van der Waals surface area contributed by atoms with Crippen molar-refractivity contribution in [2.45, 2.75) is 31.2 Å². The van der Waals surface area contributed by atoms with Gasteiger partial charge in [-0.25, -0.2) is 9.18 Å². The van der Waals surface area contributed by atoms with Crippen molar-refractivity contribution in [1.29, 1.82) is 0 Å². The molecule has 15 heteroatoms. The van der Waals surface area contributed by atoms with E-state index >= 15 is 0 Å². The van der Waals surface area contributed by atoms with E-state index in [1.807, 2.05) is 5.32 Å². The van der Waals surface area contributed by atoms with E-state index in [0.717, 1.165) is 37.5 Å². The average molecular weight is 560 g/mol. The van der Waals surface area contributed by atoms with Gasteiger partial charge in [-0.3, -0.25) is 24.8 Å². The number of carbonyl (C=O) groups is 3. The fraction of sp³-hybridized carbons (Fsp3) is 0.250. The molecule has 3 rings (SSSR count). The average Bonchev–Trinajstić information content (AvgIpc) is 2.84. The van der Waals surface area contributed by atoms with Gasteiger partial charge in [-0.05, 0) is 42.8 Å². The zero-order chi connectivity index (χ0) is 29.1. The maximum absolute atomic E-state index is 14.0. The Kier molecular flexibility index (Phi) is 8.31. The number of piperidine rings is 1. The number of aliphatic imine (C=N–C) groups is 1. The Balaban J connectivity index is 2.13. The van der Waals surface area contributed by atoms with Gasteiger partial charge in [0.15, 0.2) is 5.75 Å². The van der Waals surface area contributed by atoms with Gasteiger partial charge < -0.3 is 10.5 Å². The van der Waals surface area contributed by atoms with Gasteiger partial charge in [0.2, 0.25) is 5.91 Å². The summed E-state index contributed by atoms with van der Waals surface area (Å²) in [5.41, 5.74) is 0.369. The van der Waals surface area contributed by atoms with Crippen LogP contribution in [-0.2, 0) is 21.9 Å². The molecule has 1 unspecified atom stereocenters. The van der Waals surface area contributed by atoms with Crippen LogP contribution in [0.5, 0.6) is 5.75 Å². The molecule has 0 saturated carbocycles. The van der Waals surface area contributed by atoms with Gasteiger partial charge in [-0.2, -0.15) is 26.3 Å². The van der Waals surface area contributed by atoms with Crippen LogP contribution in [-0.4, -0.2) is 37.2 Å². The normalized spacial score (nSPS) is 16.8. The van der Waals surface area contributed by atoms with Crippen molar-refractivity contribution in [2.24, 2.45) is 10.7 Å². The van der Waals surface area contributed by atoms with E-state index in [2.05, 4.69) is 4.99 Å². The molecule has 8 nitrogen and oxygen atoms in total. The van der Waals surface area contributed by atoms with Crippen molar-refractivity contribution >= 4 is 35.4 Å². The molecule has 39 heavy (non-hydrogen) atoms. The van der Waals surface area contributed by atoms with Crippen molar-refractivity contribution in [3.63, 3.8) is 0 Å². The predicted molar refractivity (Wildman–Crippen MR) is 124 cm³/mol. The summed E-state index contributed by atoms with van der Waals surface area (Å²) >= 11 is 0. The molecule has 0 spiro atoms. The van der Waals surface area contributed by atoms with Crippen LogP contribution in [0.1, 0.15) is 29.5 Å². The lowest BCUT2D eigenvalue weighted by atomic mass is 9.98. The Hall–Kier alpha value is -4.43. The number of imide groups is 1. The molecule has 208 valence electrons.